The van der Waals surface area contributed by atoms with Crippen molar-refractivity contribution in [2.24, 2.45) is 0 Å². The molecule has 0 aliphatic rings. The third-order valence-electron chi connectivity index (χ3n) is 5.44. The smallest absolute Gasteiger partial charge is 0.370 e. The Balaban J connectivity index is 1.52. The first-order valence-corrected chi connectivity index (χ1v) is 10.4. The highest BCUT2D eigenvalue weighted by atomic mass is 19.4. The van der Waals surface area contributed by atoms with Crippen LogP contribution in [0.25, 0.3) is 10.9 Å². The summed E-state index contributed by atoms with van der Waals surface area (Å²) in [6.45, 7) is 6.01. The van der Waals surface area contributed by atoms with Crippen LogP contribution in [0.1, 0.15) is 28.2 Å². The number of alkyl halides is 3. The van der Waals surface area contributed by atoms with Crippen LogP contribution < -0.4 is 10.6 Å². The summed E-state index contributed by atoms with van der Waals surface area (Å²) in [6, 6.07) is 10.0. The van der Waals surface area contributed by atoms with Crippen molar-refractivity contribution in [3.05, 3.63) is 76.5 Å². The zero-order valence-corrected chi connectivity index (χ0v) is 18.4. The molecule has 0 amide bonds. The highest BCUT2D eigenvalue weighted by Gasteiger charge is 2.33. The lowest BCUT2D eigenvalue weighted by molar-refractivity contribution is -0.136. The minimum absolute atomic E-state index is 0.0824. The van der Waals surface area contributed by atoms with Crippen LogP contribution in [0.2, 0.25) is 0 Å². The standard InChI is InChI=1S/C24H23F4N5/c1-13-8-9-18(25)23-22(13)16(14(2)30-23)10-11-29-20-12-21(32-15(3)31-20)33-19-7-5-4-6-17(19)24(26,27)28/h4-9,12,30H,10-11H2,1-3H3,(H2,29,31,32,33). The molecule has 4 aromatic rings. The first-order valence-electron chi connectivity index (χ1n) is 10.4. The molecule has 3 N–H and O–H groups in total. The second kappa shape index (κ2) is 8.73. The minimum atomic E-state index is -4.48. The van der Waals surface area contributed by atoms with Crippen LogP contribution in [0.5, 0.6) is 0 Å². The van der Waals surface area contributed by atoms with Gasteiger partial charge in [-0.25, -0.2) is 14.4 Å². The lowest BCUT2D eigenvalue weighted by Crippen LogP contribution is -2.11. The van der Waals surface area contributed by atoms with Gasteiger partial charge < -0.3 is 15.6 Å². The number of H-pyrrole nitrogens is 1. The van der Waals surface area contributed by atoms with E-state index in [0.29, 0.717) is 30.1 Å². The van der Waals surface area contributed by atoms with Crippen LogP contribution in [0.15, 0.2) is 42.5 Å². The maximum atomic E-state index is 14.2. The fraction of sp³-hybridized carbons (Fsp3) is 0.250. The van der Waals surface area contributed by atoms with Gasteiger partial charge in [-0.3, -0.25) is 0 Å². The summed E-state index contributed by atoms with van der Waals surface area (Å²) < 4.78 is 54.1. The van der Waals surface area contributed by atoms with Crippen molar-refractivity contribution in [3.63, 3.8) is 0 Å². The molecule has 0 fully saturated rings. The zero-order valence-electron chi connectivity index (χ0n) is 18.4. The summed E-state index contributed by atoms with van der Waals surface area (Å²) in [6.07, 6.45) is -3.87. The minimum Gasteiger partial charge on any atom is -0.370 e. The number of hydrogen-bond donors (Lipinski definition) is 3. The highest BCUT2D eigenvalue weighted by molar-refractivity contribution is 5.88. The number of nitrogens with one attached hydrogen (secondary N) is 3. The Labute approximate surface area is 188 Å². The van der Waals surface area contributed by atoms with Gasteiger partial charge >= 0.3 is 6.18 Å². The normalized spacial score (nSPS) is 11.7. The Hall–Kier alpha value is -3.62. The Morgan fingerprint density at radius 1 is 0.970 bits per heavy atom. The fourth-order valence-electron chi connectivity index (χ4n) is 3.97. The van der Waals surface area contributed by atoms with Crippen LogP contribution in [0.4, 0.5) is 34.9 Å². The Bertz CT molecular complexity index is 1310. The SMILES string of the molecule is Cc1nc(NCCc2c(C)[nH]c3c(F)ccc(C)c23)cc(Nc2ccccc2C(F)(F)F)n1. The van der Waals surface area contributed by atoms with Gasteiger partial charge in [-0.05, 0) is 56.5 Å². The molecule has 0 saturated heterocycles. The molecule has 33 heavy (non-hydrogen) atoms. The van der Waals surface area contributed by atoms with E-state index in [9.17, 15) is 17.6 Å². The largest absolute Gasteiger partial charge is 0.418 e. The maximum absolute atomic E-state index is 14.2. The summed E-state index contributed by atoms with van der Waals surface area (Å²) in [5.41, 5.74) is 2.53. The third-order valence-corrected chi connectivity index (χ3v) is 5.44. The number of halogens is 4. The lowest BCUT2D eigenvalue weighted by Gasteiger charge is -2.15. The monoisotopic (exact) mass is 457 g/mol. The van der Waals surface area contributed by atoms with Crippen LogP contribution in [-0.4, -0.2) is 21.5 Å². The molecule has 172 valence electrons. The van der Waals surface area contributed by atoms with E-state index >= 15 is 0 Å². The Morgan fingerprint density at radius 2 is 1.70 bits per heavy atom. The van der Waals surface area contributed by atoms with Gasteiger partial charge in [0.1, 0.15) is 23.3 Å². The van der Waals surface area contributed by atoms with Gasteiger partial charge in [0, 0.05) is 23.7 Å². The number of fused-ring (bicyclic) bond motifs is 1. The van der Waals surface area contributed by atoms with Gasteiger partial charge in [-0.15, -0.1) is 0 Å². The molecular formula is C24H23F4N5. The molecular weight excluding hydrogens is 434 g/mol. The summed E-state index contributed by atoms with van der Waals surface area (Å²) in [5.74, 6) is 0.852. The van der Waals surface area contributed by atoms with E-state index < -0.39 is 11.7 Å². The third kappa shape index (κ3) is 4.76. The first-order chi connectivity index (χ1) is 15.6. The molecule has 4 rings (SSSR count). The predicted octanol–water partition coefficient (Wildman–Crippen LogP) is 6.44. The van der Waals surface area contributed by atoms with Gasteiger partial charge in [0.25, 0.3) is 0 Å². The number of aromatic nitrogens is 3. The van der Waals surface area contributed by atoms with Crippen molar-refractivity contribution >= 4 is 28.2 Å². The van der Waals surface area contributed by atoms with Crippen LogP contribution in [-0.2, 0) is 12.6 Å². The summed E-state index contributed by atoms with van der Waals surface area (Å²) >= 11 is 0. The number of anilines is 3. The van der Waals surface area contributed by atoms with E-state index in [1.54, 1.807) is 19.1 Å². The molecule has 2 heterocycles. The number of hydrogen-bond acceptors (Lipinski definition) is 4. The molecule has 0 saturated carbocycles. The van der Waals surface area contributed by atoms with Crippen molar-refractivity contribution < 1.29 is 17.6 Å². The van der Waals surface area contributed by atoms with E-state index in [2.05, 4.69) is 25.6 Å². The summed E-state index contributed by atoms with van der Waals surface area (Å²) in [7, 11) is 0. The zero-order chi connectivity index (χ0) is 23.8. The molecule has 5 nitrogen and oxygen atoms in total. The van der Waals surface area contributed by atoms with E-state index in [0.717, 1.165) is 28.3 Å². The average Bonchev–Trinajstić information content (AvgIpc) is 3.07. The number of rotatable bonds is 6. The van der Waals surface area contributed by atoms with Crippen molar-refractivity contribution in [2.45, 2.75) is 33.4 Å². The van der Waals surface area contributed by atoms with Crippen molar-refractivity contribution in [1.82, 2.24) is 15.0 Å². The van der Waals surface area contributed by atoms with Gasteiger partial charge in [0.2, 0.25) is 0 Å². The molecule has 2 aromatic carbocycles. The van der Waals surface area contributed by atoms with Crippen LogP contribution in [0.3, 0.4) is 0 Å². The number of nitrogens with zero attached hydrogens (tertiary/aromatic N) is 2. The maximum Gasteiger partial charge on any atom is 0.418 e. The van der Waals surface area contributed by atoms with Crippen molar-refractivity contribution in [3.8, 4) is 0 Å². The lowest BCUT2D eigenvalue weighted by atomic mass is 10.0. The number of para-hydroxylation sites is 1. The highest BCUT2D eigenvalue weighted by Crippen LogP contribution is 2.35. The topological polar surface area (TPSA) is 65.6 Å². The van der Waals surface area contributed by atoms with Crippen LogP contribution >= 0.6 is 0 Å². The van der Waals surface area contributed by atoms with Crippen molar-refractivity contribution in [1.29, 1.82) is 0 Å². The first kappa shape index (κ1) is 22.6. The Kier molecular flexibility index (Phi) is 5.97. The molecule has 0 bridgehead atoms. The molecule has 0 spiro atoms. The predicted molar refractivity (Wildman–Crippen MR) is 121 cm³/mol. The van der Waals surface area contributed by atoms with E-state index in [4.69, 9.17) is 0 Å². The van der Waals surface area contributed by atoms with Crippen LogP contribution in [0, 0.1) is 26.6 Å². The fourth-order valence-corrected chi connectivity index (χ4v) is 3.97. The quantitative estimate of drug-likeness (QED) is 0.292. The van der Waals surface area contributed by atoms with E-state index in [1.807, 2.05) is 13.8 Å². The van der Waals surface area contributed by atoms with Gasteiger partial charge in [0.15, 0.2) is 0 Å². The summed E-state index contributed by atoms with van der Waals surface area (Å²) in [5, 5.41) is 6.83. The molecule has 0 unspecified atom stereocenters. The summed E-state index contributed by atoms with van der Waals surface area (Å²) in [4.78, 5) is 11.7. The van der Waals surface area contributed by atoms with Gasteiger partial charge in [-0.2, -0.15) is 13.2 Å². The second-order valence-electron chi connectivity index (χ2n) is 7.87. The molecule has 0 radical (unpaired) electrons. The molecule has 2 aromatic heterocycles. The van der Waals surface area contributed by atoms with Gasteiger partial charge in [-0.1, -0.05) is 18.2 Å². The molecule has 0 aliphatic carbocycles. The van der Waals surface area contributed by atoms with E-state index in [-0.39, 0.29) is 17.3 Å². The molecule has 0 atom stereocenters. The second-order valence-corrected chi connectivity index (χ2v) is 7.87. The molecule has 9 heteroatoms. The number of aryl methyl sites for hydroxylation is 3. The number of benzene rings is 2. The van der Waals surface area contributed by atoms with E-state index in [1.165, 1.54) is 24.3 Å². The Morgan fingerprint density at radius 3 is 2.45 bits per heavy atom. The average molecular weight is 457 g/mol. The van der Waals surface area contributed by atoms with Gasteiger partial charge in [0.05, 0.1) is 16.8 Å². The molecule has 0 aliphatic heterocycles. The number of aromatic amines is 1. The van der Waals surface area contributed by atoms with Crippen molar-refractivity contribution in [2.75, 3.05) is 17.2 Å².